The zero-order valence-electron chi connectivity index (χ0n) is 19.0. The molecule has 190 valence electrons. The van der Waals surface area contributed by atoms with Crippen molar-refractivity contribution in [3.05, 3.63) is 64.7 Å². The van der Waals surface area contributed by atoms with E-state index in [4.69, 9.17) is 11.6 Å². The van der Waals surface area contributed by atoms with Gasteiger partial charge in [-0.25, -0.2) is 12.7 Å². The number of hydrogen-bond donors (Lipinski definition) is 0. The van der Waals surface area contributed by atoms with Crippen LogP contribution in [-0.4, -0.2) is 62.8 Å². The largest absolute Gasteiger partial charge is 0.416 e. The van der Waals surface area contributed by atoms with E-state index >= 15 is 0 Å². The second-order valence-electron chi connectivity index (χ2n) is 8.88. The number of piperazine rings is 1. The van der Waals surface area contributed by atoms with Gasteiger partial charge in [0.2, 0.25) is 15.9 Å². The molecule has 0 bridgehead atoms. The number of carbonyl (C=O) groups excluding carboxylic acids is 1. The fraction of sp³-hybridized carbons (Fsp3) is 0.458. The molecule has 0 unspecified atom stereocenters. The number of carbonyl (C=O) groups is 1. The van der Waals surface area contributed by atoms with Crippen LogP contribution in [0.2, 0.25) is 5.02 Å². The van der Waals surface area contributed by atoms with Gasteiger partial charge in [0.1, 0.15) is 0 Å². The predicted molar refractivity (Wildman–Crippen MR) is 129 cm³/mol. The Labute approximate surface area is 208 Å². The Morgan fingerprint density at radius 3 is 2.23 bits per heavy atom. The minimum Gasteiger partial charge on any atom is -0.368 e. The van der Waals surface area contributed by atoms with Crippen LogP contribution >= 0.6 is 11.6 Å². The van der Waals surface area contributed by atoms with Crippen molar-refractivity contribution >= 4 is 33.2 Å². The van der Waals surface area contributed by atoms with Crippen LogP contribution in [0.1, 0.15) is 24.0 Å². The van der Waals surface area contributed by atoms with E-state index in [1.165, 1.54) is 10.4 Å². The van der Waals surface area contributed by atoms with Crippen LogP contribution in [0, 0.1) is 5.92 Å². The van der Waals surface area contributed by atoms with Gasteiger partial charge < -0.3 is 9.80 Å². The quantitative estimate of drug-likeness (QED) is 0.581. The molecule has 4 rings (SSSR count). The average Bonchev–Trinajstić information content (AvgIpc) is 2.85. The monoisotopic (exact) mass is 529 g/mol. The van der Waals surface area contributed by atoms with Crippen molar-refractivity contribution in [1.82, 2.24) is 9.21 Å². The van der Waals surface area contributed by atoms with Crippen molar-refractivity contribution < 1.29 is 26.4 Å². The first-order chi connectivity index (χ1) is 16.5. The highest BCUT2D eigenvalue weighted by Gasteiger charge is 2.35. The summed E-state index contributed by atoms with van der Waals surface area (Å²) in [5, 5.41) is 0.408. The fourth-order valence-corrected chi connectivity index (χ4v) is 6.48. The van der Waals surface area contributed by atoms with Gasteiger partial charge in [0.25, 0.3) is 0 Å². The van der Waals surface area contributed by atoms with E-state index in [0.29, 0.717) is 55.3 Å². The summed E-state index contributed by atoms with van der Waals surface area (Å²) >= 11 is 6.11. The van der Waals surface area contributed by atoms with Gasteiger partial charge in [-0.05, 0) is 42.7 Å². The van der Waals surface area contributed by atoms with Crippen molar-refractivity contribution in [2.75, 3.05) is 44.2 Å². The Balaban J connectivity index is 1.29. The van der Waals surface area contributed by atoms with Crippen molar-refractivity contribution in [2.45, 2.75) is 24.8 Å². The molecule has 0 spiro atoms. The van der Waals surface area contributed by atoms with Gasteiger partial charge in [0.05, 0.1) is 11.3 Å². The first-order valence-corrected chi connectivity index (χ1v) is 13.5. The van der Waals surface area contributed by atoms with Crippen molar-refractivity contribution in [2.24, 2.45) is 5.92 Å². The molecule has 2 aromatic rings. The minimum atomic E-state index is -4.40. The van der Waals surface area contributed by atoms with Gasteiger partial charge in [-0.3, -0.25) is 4.79 Å². The molecule has 0 atom stereocenters. The van der Waals surface area contributed by atoms with Gasteiger partial charge in [-0.2, -0.15) is 13.2 Å². The number of sulfonamides is 1. The Hall–Kier alpha value is -2.30. The van der Waals surface area contributed by atoms with Gasteiger partial charge in [-0.15, -0.1) is 0 Å². The summed E-state index contributed by atoms with van der Waals surface area (Å²) in [6, 6.07) is 12.1. The third-order valence-corrected chi connectivity index (χ3v) is 8.82. The summed E-state index contributed by atoms with van der Waals surface area (Å²) in [4.78, 5) is 16.6. The smallest absolute Gasteiger partial charge is 0.368 e. The van der Waals surface area contributed by atoms with Crippen LogP contribution in [0.5, 0.6) is 0 Å². The van der Waals surface area contributed by atoms with E-state index in [0.717, 1.165) is 12.1 Å². The first-order valence-electron chi connectivity index (χ1n) is 11.5. The zero-order chi connectivity index (χ0) is 25.2. The summed E-state index contributed by atoms with van der Waals surface area (Å²) in [6.45, 7) is 2.26. The number of amides is 1. The molecule has 0 radical (unpaired) electrons. The standard InChI is InChI=1S/C24H27ClF3N3O3S/c25-22-7-2-1-4-19(22)17-35(33,34)31-10-8-18(9-11-31)23(32)30-14-12-29(13-15-30)21-6-3-5-20(16-21)24(26,27)28/h1-7,16,18H,8-15,17H2. The van der Waals surface area contributed by atoms with E-state index in [2.05, 4.69) is 0 Å². The number of hydrogen-bond acceptors (Lipinski definition) is 4. The maximum absolute atomic E-state index is 13.0. The van der Waals surface area contributed by atoms with Crippen LogP contribution in [0.4, 0.5) is 18.9 Å². The lowest BCUT2D eigenvalue weighted by Crippen LogP contribution is -2.52. The molecule has 1 amide bonds. The van der Waals surface area contributed by atoms with Crippen LogP contribution < -0.4 is 4.90 Å². The van der Waals surface area contributed by atoms with Crippen LogP contribution in [0.25, 0.3) is 0 Å². The van der Waals surface area contributed by atoms with E-state index in [9.17, 15) is 26.4 Å². The molecule has 2 heterocycles. The second kappa shape index (κ2) is 10.4. The van der Waals surface area contributed by atoms with Crippen molar-refractivity contribution in [3.63, 3.8) is 0 Å². The number of nitrogens with zero attached hydrogens (tertiary/aromatic N) is 3. The predicted octanol–water partition coefficient (Wildman–Crippen LogP) is 4.25. The lowest BCUT2D eigenvalue weighted by molar-refractivity contribution is -0.137. The summed E-state index contributed by atoms with van der Waals surface area (Å²) < 4.78 is 66.2. The van der Waals surface area contributed by atoms with E-state index in [1.807, 2.05) is 4.90 Å². The highest BCUT2D eigenvalue weighted by atomic mass is 35.5. The SMILES string of the molecule is O=C(C1CCN(S(=O)(=O)Cc2ccccc2Cl)CC1)N1CCN(c2cccc(C(F)(F)F)c2)CC1. The first kappa shape index (κ1) is 25.8. The molecule has 2 aliphatic heterocycles. The fourth-order valence-electron chi connectivity index (χ4n) is 4.61. The van der Waals surface area contributed by atoms with Crippen LogP contribution in [0.15, 0.2) is 48.5 Å². The third-order valence-electron chi connectivity index (χ3n) is 6.62. The number of rotatable bonds is 5. The van der Waals surface area contributed by atoms with Crippen molar-refractivity contribution in [1.29, 1.82) is 0 Å². The average molecular weight is 530 g/mol. The third kappa shape index (κ3) is 6.10. The number of alkyl halides is 3. The molecule has 0 aliphatic carbocycles. The zero-order valence-corrected chi connectivity index (χ0v) is 20.6. The molecule has 0 saturated carbocycles. The normalized spacial score (nSPS) is 18.6. The molecule has 35 heavy (non-hydrogen) atoms. The number of anilines is 1. The van der Waals surface area contributed by atoms with Crippen LogP contribution in [-0.2, 0) is 26.7 Å². The molecular formula is C24H27ClF3N3O3S. The van der Waals surface area contributed by atoms with E-state index in [1.54, 1.807) is 35.2 Å². The molecule has 2 aromatic carbocycles. The Morgan fingerprint density at radius 2 is 1.60 bits per heavy atom. The Kier molecular flexibility index (Phi) is 7.63. The molecule has 11 heteroatoms. The lowest BCUT2D eigenvalue weighted by Gasteiger charge is -2.39. The lowest BCUT2D eigenvalue weighted by atomic mass is 9.96. The molecule has 0 aromatic heterocycles. The van der Waals surface area contributed by atoms with Gasteiger partial charge >= 0.3 is 6.18 Å². The second-order valence-corrected chi connectivity index (χ2v) is 11.3. The summed E-state index contributed by atoms with van der Waals surface area (Å²) in [5.74, 6) is -0.457. The minimum absolute atomic E-state index is 0.0168. The van der Waals surface area contributed by atoms with Gasteiger partial charge in [-0.1, -0.05) is 35.9 Å². The number of piperidine rings is 1. The van der Waals surface area contributed by atoms with E-state index < -0.39 is 21.8 Å². The van der Waals surface area contributed by atoms with E-state index in [-0.39, 0.29) is 30.7 Å². The molecule has 6 nitrogen and oxygen atoms in total. The molecule has 0 N–H and O–H groups in total. The Morgan fingerprint density at radius 1 is 0.943 bits per heavy atom. The highest BCUT2D eigenvalue weighted by molar-refractivity contribution is 7.88. The summed E-state index contributed by atoms with van der Waals surface area (Å²) in [7, 11) is -3.55. The van der Waals surface area contributed by atoms with Gasteiger partial charge in [0, 0.05) is 55.9 Å². The molecule has 2 fully saturated rings. The summed E-state index contributed by atoms with van der Waals surface area (Å²) in [5.41, 5.74) is 0.347. The number of halogens is 4. The maximum atomic E-state index is 13.0. The Bertz CT molecular complexity index is 1160. The molecular weight excluding hydrogens is 503 g/mol. The number of benzene rings is 2. The van der Waals surface area contributed by atoms with Crippen LogP contribution in [0.3, 0.4) is 0 Å². The highest BCUT2D eigenvalue weighted by Crippen LogP contribution is 2.32. The maximum Gasteiger partial charge on any atom is 0.416 e. The summed E-state index contributed by atoms with van der Waals surface area (Å²) in [6.07, 6.45) is -3.52. The molecule has 2 saturated heterocycles. The molecule has 2 aliphatic rings. The van der Waals surface area contributed by atoms with Gasteiger partial charge in [0.15, 0.2) is 0 Å². The van der Waals surface area contributed by atoms with Crippen molar-refractivity contribution in [3.8, 4) is 0 Å². The topological polar surface area (TPSA) is 60.9 Å².